The molecule has 1 aliphatic heterocycles. The quantitative estimate of drug-likeness (QED) is 0.587. The van der Waals surface area contributed by atoms with E-state index in [1.807, 2.05) is 49.5 Å². The highest BCUT2D eigenvalue weighted by Crippen LogP contribution is 2.18. The zero-order chi connectivity index (χ0) is 21.6. The standard InChI is InChI=1S/C24H25ClN4O2/c1-18-2-7-21(26-16-18)8-3-19-4-9-22(10-5-19)31-24(30)29-14-12-28(13-15-29)23-11-6-20(25)17-27-23/h2,4-7,9-11,16-17H,3,8,12-15H2,1H3. The fraction of sp³-hybridized carbons (Fsp3) is 0.292. The number of anilines is 1. The van der Waals surface area contributed by atoms with E-state index >= 15 is 0 Å². The lowest BCUT2D eigenvalue weighted by molar-refractivity contribution is 0.149. The van der Waals surface area contributed by atoms with Gasteiger partial charge in [0.25, 0.3) is 0 Å². The molecule has 3 aromatic rings. The number of hydrogen-bond acceptors (Lipinski definition) is 5. The van der Waals surface area contributed by atoms with Crippen molar-refractivity contribution in [3.05, 3.63) is 82.8 Å². The number of hydrogen-bond donors (Lipinski definition) is 0. The molecule has 0 spiro atoms. The number of aromatic nitrogens is 2. The summed E-state index contributed by atoms with van der Waals surface area (Å²) in [7, 11) is 0. The second kappa shape index (κ2) is 9.79. The van der Waals surface area contributed by atoms with Crippen LogP contribution in [-0.4, -0.2) is 47.1 Å². The molecule has 0 unspecified atom stereocenters. The summed E-state index contributed by atoms with van der Waals surface area (Å²) in [6.45, 7) is 4.62. The molecule has 7 heteroatoms. The monoisotopic (exact) mass is 436 g/mol. The number of ether oxygens (including phenoxy) is 1. The predicted molar refractivity (Wildman–Crippen MR) is 122 cm³/mol. The maximum Gasteiger partial charge on any atom is 0.415 e. The average Bonchev–Trinajstić information content (AvgIpc) is 2.80. The van der Waals surface area contributed by atoms with Crippen LogP contribution in [0.4, 0.5) is 10.6 Å². The van der Waals surface area contributed by atoms with Gasteiger partial charge in [0.2, 0.25) is 0 Å². The number of halogens is 1. The van der Waals surface area contributed by atoms with E-state index in [-0.39, 0.29) is 6.09 Å². The Hall–Kier alpha value is -3.12. The fourth-order valence-corrected chi connectivity index (χ4v) is 3.59. The molecule has 1 amide bonds. The maximum absolute atomic E-state index is 12.5. The van der Waals surface area contributed by atoms with E-state index in [0.29, 0.717) is 37.0 Å². The third kappa shape index (κ3) is 5.73. The Morgan fingerprint density at radius 2 is 1.71 bits per heavy atom. The normalized spacial score (nSPS) is 13.9. The van der Waals surface area contributed by atoms with Crippen LogP contribution in [0.15, 0.2) is 60.9 Å². The molecule has 1 aromatic carbocycles. The van der Waals surface area contributed by atoms with Gasteiger partial charge >= 0.3 is 6.09 Å². The van der Waals surface area contributed by atoms with Crippen LogP contribution in [0.3, 0.4) is 0 Å². The molecule has 0 saturated carbocycles. The van der Waals surface area contributed by atoms with Crippen molar-refractivity contribution in [2.24, 2.45) is 0 Å². The third-order valence-electron chi connectivity index (χ3n) is 5.34. The first-order valence-corrected chi connectivity index (χ1v) is 10.8. The van der Waals surface area contributed by atoms with Gasteiger partial charge in [0.1, 0.15) is 11.6 Å². The molecular weight excluding hydrogens is 412 g/mol. The van der Waals surface area contributed by atoms with Gasteiger partial charge in [-0.2, -0.15) is 0 Å². The van der Waals surface area contributed by atoms with Gasteiger partial charge in [-0.05, 0) is 61.2 Å². The summed E-state index contributed by atoms with van der Waals surface area (Å²) in [6.07, 6.45) is 4.99. The maximum atomic E-state index is 12.5. The summed E-state index contributed by atoms with van der Waals surface area (Å²) < 4.78 is 5.56. The first-order chi connectivity index (χ1) is 15.1. The van der Waals surface area contributed by atoms with E-state index in [1.54, 1.807) is 11.1 Å². The van der Waals surface area contributed by atoms with Crippen LogP contribution in [0.1, 0.15) is 16.8 Å². The highest BCUT2D eigenvalue weighted by molar-refractivity contribution is 6.30. The summed E-state index contributed by atoms with van der Waals surface area (Å²) in [6, 6.07) is 15.6. The second-order valence-electron chi connectivity index (χ2n) is 7.65. The third-order valence-corrected chi connectivity index (χ3v) is 5.57. The minimum Gasteiger partial charge on any atom is -0.410 e. The van der Waals surface area contributed by atoms with E-state index in [4.69, 9.17) is 16.3 Å². The smallest absolute Gasteiger partial charge is 0.410 e. The second-order valence-corrected chi connectivity index (χ2v) is 8.08. The van der Waals surface area contributed by atoms with Crippen molar-refractivity contribution in [3.63, 3.8) is 0 Å². The van der Waals surface area contributed by atoms with Crippen molar-refractivity contribution in [2.75, 3.05) is 31.1 Å². The highest BCUT2D eigenvalue weighted by Gasteiger charge is 2.23. The molecule has 4 rings (SSSR count). The molecule has 160 valence electrons. The van der Waals surface area contributed by atoms with Crippen LogP contribution in [0.2, 0.25) is 5.02 Å². The number of carbonyl (C=O) groups excluding carboxylic acids is 1. The summed E-state index contributed by atoms with van der Waals surface area (Å²) in [4.78, 5) is 25.2. The minimum absolute atomic E-state index is 0.319. The van der Waals surface area contributed by atoms with Crippen LogP contribution < -0.4 is 9.64 Å². The number of piperazine rings is 1. The average molecular weight is 437 g/mol. The lowest BCUT2D eigenvalue weighted by Crippen LogP contribution is -2.49. The van der Waals surface area contributed by atoms with Crippen LogP contribution in [-0.2, 0) is 12.8 Å². The summed E-state index contributed by atoms with van der Waals surface area (Å²) in [5.41, 5.74) is 3.43. The van der Waals surface area contributed by atoms with Crippen molar-refractivity contribution >= 4 is 23.5 Å². The van der Waals surface area contributed by atoms with Gasteiger partial charge in [-0.25, -0.2) is 9.78 Å². The Kier molecular flexibility index (Phi) is 6.67. The molecule has 0 bridgehead atoms. The summed E-state index contributed by atoms with van der Waals surface area (Å²) >= 11 is 5.90. The van der Waals surface area contributed by atoms with Crippen molar-refractivity contribution in [3.8, 4) is 5.75 Å². The number of nitrogens with zero attached hydrogens (tertiary/aromatic N) is 4. The van der Waals surface area contributed by atoms with Crippen LogP contribution in [0.25, 0.3) is 0 Å². The Balaban J connectivity index is 1.25. The van der Waals surface area contributed by atoms with E-state index in [2.05, 4.69) is 27.0 Å². The molecule has 0 atom stereocenters. The Morgan fingerprint density at radius 1 is 0.935 bits per heavy atom. The summed E-state index contributed by atoms with van der Waals surface area (Å²) in [5.74, 6) is 1.43. The molecule has 1 fully saturated rings. The Labute approximate surface area is 187 Å². The van der Waals surface area contributed by atoms with Crippen molar-refractivity contribution in [2.45, 2.75) is 19.8 Å². The number of aryl methyl sites for hydroxylation is 3. The SMILES string of the molecule is Cc1ccc(CCc2ccc(OC(=O)N3CCN(c4ccc(Cl)cn4)CC3)cc2)nc1. The fourth-order valence-electron chi connectivity index (χ4n) is 3.48. The number of carbonyl (C=O) groups is 1. The molecule has 3 heterocycles. The molecule has 31 heavy (non-hydrogen) atoms. The zero-order valence-corrected chi connectivity index (χ0v) is 18.3. The van der Waals surface area contributed by atoms with Gasteiger partial charge < -0.3 is 14.5 Å². The number of rotatable bonds is 5. The van der Waals surface area contributed by atoms with E-state index in [1.165, 1.54) is 5.56 Å². The van der Waals surface area contributed by atoms with Gasteiger partial charge in [0.15, 0.2) is 0 Å². The highest BCUT2D eigenvalue weighted by atomic mass is 35.5. The molecule has 6 nitrogen and oxygen atoms in total. The van der Waals surface area contributed by atoms with E-state index < -0.39 is 0 Å². The molecule has 1 aliphatic rings. The number of benzene rings is 1. The molecule has 0 radical (unpaired) electrons. The molecule has 0 N–H and O–H groups in total. The van der Waals surface area contributed by atoms with Gasteiger partial charge in [0.05, 0.1) is 5.02 Å². The first-order valence-electron chi connectivity index (χ1n) is 10.4. The lowest BCUT2D eigenvalue weighted by Gasteiger charge is -2.34. The Bertz CT molecular complexity index is 999. The summed E-state index contributed by atoms with van der Waals surface area (Å²) in [5, 5.41) is 0.615. The van der Waals surface area contributed by atoms with Crippen LogP contribution in [0, 0.1) is 6.92 Å². The number of pyridine rings is 2. The van der Waals surface area contributed by atoms with Gasteiger partial charge in [0, 0.05) is 44.3 Å². The topological polar surface area (TPSA) is 58.6 Å². The van der Waals surface area contributed by atoms with Crippen molar-refractivity contribution < 1.29 is 9.53 Å². The van der Waals surface area contributed by atoms with Crippen molar-refractivity contribution in [1.29, 1.82) is 0 Å². The lowest BCUT2D eigenvalue weighted by atomic mass is 10.1. The van der Waals surface area contributed by atoms with Crippen molar-refractivity contribution in [1.82, 2.24) is 14.9 Å². The molecule has 2 aromatic heterocycles. The molecule has 1 saturated heterocycles. The van der Waals surface area contributed by atoms with E-state index in [0.717, 1.165) is 29.9 Å². The minimum atomic E-state index is -0.319. The number of amides is 1. The Morgan fingerprint density at radius 3 is 2.35 bits per heavy atom. The van der Waals surface area contributed by atoms with Gasteiger partial charge in [-0.1, -0.05) is 29.8 Å². The van der Waals surface area contributed by atoms with Crippen LogP contribution in [0.5, 0.6) is 5.75 Å². The zero-order valence-electron chi connectivity index (χ0n) is 17.5. The van der Waals surface area contributed by atoms with Crippen LogP contribution >= 0.6 is 11.6 Å². The van der Waals surface area contributed by atoms with Gasteiger partial charge in [-0.3, -0.25) is 4.98 Å². The van der Waals surface area contributed by atoms with E-state index in [9.17, 15) is 4.79 Å². The molecular formula is C24H25ClN4O2. The van der Waals surface area contributed by atoms with Gasteiger partial charge in [-0.15, -0.1) is 0 Å². The predicted octanol–water partition coefficient (Wildman–Crippen LogP) is 4.54. The largest absolute Gasteiger partial charge is 0.415 e. The first kappa shape index (κ1) is 21.1. The molecule has 0 aliphatic carbocycles.